The van der Waals surface area contributed by atoms with Gasteiger partial charge in [0.15, 0.2) is 0 Å². The van der Waals surface area contributed by atoms with Crippen molar-refractivity contribution in [2.24, 2.45) is 0 Å². The number of carboxylic acid groups (broad SMARTS) is 1. The van der Waals surface area contributed by atoms with Gasteiger partial charge in [-0.25, -0.2) is 0 Å². The van der Waals surface area contributed by atoms with Gasteiger partial charge < -0.3 is 5.11 Å². The minimum atomic E-state index is -0.700. The van der Waals surface area contributed by atoms with Crippen LogP contribution in [0.2, 0.25) is 0 Å². The molecule has 0 bridgehead atoms. The first-order valence-corrected chi connectivity index (χ1v) is 9.94. The number of hydrogen-bond acceptors (Lipinski definition) is 1. The lowest BCUT2D eigenvalue weighted by atomic mass is 10.1. The van der Waals surface area contributed by atoms with E-state index in [9.17, 15) is 4.79 Å². The molecule has 0 aliphatic heterocycles. The third-order valence-corrected chi connectivity index (χ3v) is 3.98. The molecule has 0 aliphatic rings. The number of rotatable bonds is 17. The van der Waals surface area contributed by atoms with E-state index in [1.54, 1.807) is 0 Å². The number of carbonyl (C=O) groups is 1. The van der Waals surface area contributed by atoms with Crippen molar-refractivity contribution < 1.29 is 9.90 Å². The Morgan fingerprint density at radius 3 is 1.50 bits per heavy atom. The molecule has 0 spiro atoms. The van der Waals surface area contributed by atoms with Gasteiger partial charge in [0.2, 0.25) is 0 Å². The molecule has 2 heteroatoms. The Morgan fingerprint density at radius 1 is 0.625 bits per heavy atom. The average molecular weight is 335 g/mol. The van der Waals surface area contributed by atoms with E-state index in [-0.39, 0.29) is 6.42 Å². The van der Waals surface area contributed by atoms with E-state index in [0.29, 0.717) is 0 Å². The van der Waals surface area contributed by atoms with Crippen LogP contribution >= 0.6 is 0 Å². The van der Waals surface area contributed by atoms with E-state index in [2.05, 4.69) is 43.4 Å². The summed E-state index contributed by atoms with van der Waals surface area (Å²) >= 11 is 0. The van der Waals surface area contributed by atoms with Gasteiger partial charge in [-0.1, -0.05) is 62.6 Å². The van der Waals surface area contributed by atoms with Crippen LogP contribution in [0.4, 0.5) is 0 Å². The first-order valence-electron chi connectivity index (χ1n) is 9.94. The molecule has 0 radical (unpaired) electrons. The number of hydrogen-bond donors (Lipinski definition) is 1. The number of carboxylic acids is 1. The van der Waals surface area contributed by atoms with Crippen LogP contribution in [0.1, 0.15) is 96.8 Å². The maximum absolute atomic E-state index is 10.3. The van der Waals surface area contributed by atoms with Gasteiger partial charge in [0.25, 0.3) is 0 Å². The van der Waals surface area contributed by atoms with Crippen molar-refractivity contribution >= 4 is 5.97 Å². The third kappa shape index (κ3) is 20.7. The second-order valence-electron chi connectivity index (χ2n) is 6.41. The Balaban J connectivity index is 3.25. The molecule has 0 atom stereocenters. The first kappa shape index (κ1) is 22.7. The van der Waals surface area contributed by atoms with Crippen molar-refractivity contribution in [3.63, 3.8) is 0 Å². The van der Waals surface area contributed by atoms with Crippen molar-refractivity contribution in [3.05, 3.63) is 36.5 Å². The summed E-state index contributed by atoms with van der Waals surface area (Å²) in [5.41, 5.74) is 0. The van der Waals surface area contributed by atoms with Crippen molar-refractivity contribution in [2.45, 2.75) is 96.8 Å². The van der Waals surface area contributed by atoms with Crippen LogP contribution in [0.25, 0.3) is 0 Å². The minimum Gasteiger partial charge on any atom is -0.481 e. The molecule has 24 heavy (non-hydrogen) atoms. The topological polar surface area (TPSA) is 37.3 Å². The molecule has 0 unspecified atom stereocenters. The number of aliphatic carboxylic acids is 1. The highest BCUT2D eigenvalue weighted by molar-refractivity contribution is 5.66. The molecule has 0 rings (SSSR count). The molecule has 0 aromatic heterocycles. The molecule has 2 nitrogen and oxygen atoms in total. The Kier molecular flexibility index (Phi) is 18.7. The lowest BCUT2D eigenvalue weighted by Gasteiger charge is -1.95. The second-order valence-corrected chi connectivity index (χ2v) is 6.41. The third-order valence-electron chi connectivity index (χ3n) is 3.98. The summed E-state index contributed by atoms with van der Waals surface area (Å²) in [6.07, 6.45) is 29.2. The maximum Gasteiger partial charge on any atom is 0.303 e. The molecule has 0 aromatic rings. The zero-order valence-electron chi connectivity index (χ0n) is 15.7. The van der Waals surface area contributed by atoms with Crippen LogP contribution in [0.15, 0.2) is 36.5 Å². The fraction of sp³-hybridized carbons (Fsp3) is 0.682. The van der Waals surface area contributed by atoms with Crippen LogP contribution in [0, 0.1) is 0 Å². The highest BCUT2D eigenvalue weighted by Gasteiger charge is 1.92. The largest absolute Gasteiger partial charge is 0.481 e. The molecule has 0 aliphatic carbocycles. The SMILES string of the molecule is CCCCCCC=CCCCCC=CCCC=CCCCC(=O)O. The Hall–Kier alpha value is -1.31. The monoisotopic (exact) mass is 334 g/mol. The highest BCUT2D eigenvalue weighted by atomic mass is 16.4. The molecule has 0 heterocycles. The quantitative estimate of drug-likeness (QED) is 0.225. The van der Waals surface area contributed by atoms with Gasteiger partial charge in [-0.05, 0) is 64.2 Å². The van der Waals surface area contributed by atoms with E-state index in [4.69, 9.17) is 5.11 Å². The molecule has 1 N–H and O–H groups in total. The van der Waals surface area contributed by atoms with Gasteiger partial charge in [0.05, 0.1) is 0 Å². The second kappa shape index (κ2) is 19.7. The molecule has 0 saturated heterocycles. The molecule has 0 aromatic carbocycles. The van der Waals surface area contributed by atoms with Gasteiger partial charge in [-0.2, -0.15) is 0 Å². The Bertz CT molecular complexity index is 353. The predicted molar refractivity (Wildman–Crippen MR) is 105 cm³/mol. The number of unbranched alkanes of at least 4 members (excludes halogenated alkanes) is 9. The van der Waals surface area contributed by atoms with Crippen LogP contribution in [-0.4, -0.2) is 11.1 Å². The van der Waals surface area contributed by atoms with Crippen LogP contribution < -0.4 is 0 Å². The van der Waals surface area contributed by atoms with Crippen molar-refractivity contribution in [1.82, 2.24) is 0 Å². The molecular weight excluding hydrogens is 296 g/mol. The summed E-state index contributed by atoms with van der Waals surface area (Å²) in [6, 6.07) is 0. The fourth-order valence-corrected chi connectivity index (χ4v) is 2.48. The van der Waals surface area contributed by atoms with Crippen molar-refractivity contribution in [3.8, 4) is 0 Å². The summed E-state index contributed by atoms with van der Waals surface area (Å²) in [4.78, 5) is 10.3. The van der Waals surface area contributed by atoms with Crippen molar-refractivity contribution in [2.75, 3.05) is 0 Å². The summed E-state index contributed by atoms with van der Waals surface area (Å²) in [5.74, 6) is -0.700. The van der Waals surface area contributed by atoms with Gasteiger partial charge in [0, 0.05) is 6.42 Å². The van der Waals surface area contributed by atoms with Crippen LogP contribution in [0.3, 0.4) is 0 Å². The summed E-state index contributed by atoms with van der Waals surface area (Å²) in [7, 11) is 0. The maximum atomic E-state index is 10.3. The summed E-state index contributed by atoms with van der Waals surface area (Å²) in [6.45, 7) is 2.26. The Morgan fingerprint density at radius 2 is 1.04 bits per heavy atom. The van der Waals surface area contributed by atoms with E-state index in [1.807, 2.05) is 0 Å². The van der Waals surface area contributed by atoms with Gasteiger partial charge >= 0.3 is 5.97 Å². The predicted octanol–water partition coefficient (Wildman–Crippen LogP) is 7.22. The normalized spacial score (nSPS) is 12.0. The summed E-state index contributed by atoms with van der Waals surface area (Å²) in [5, 5.41) is 8.52. The summed E-state index contributed by atoms with van der Waals surface area (Å²) < 4.78 is 0. The molecule has 138 valence electrons. The lowest BCUT2D eigenvalue weighted by Crippen LogP contribution is -1.92. The lowest BCUT2D eigenvalue weighted by molar-refractivity contribution is -0.137. The zero-order valence-corrected chi connectivity index (χ0v) is 15.7. The van der Waals surface area contributed by atoms with E-state index < -0.39 is 5.97 Å². The molecule has 0 saturated carbocycles. The van der Waals surface area contributed by atoms with Gasteiger partial charge in [-0.15, -0.1) is 0 Å². The molecule has 0 amide bonds. The first-order chi connectivity index (χ1) is 11.8. The van der Waals surface area contributed by atoms with Crippen LogP contribution in [-0.2, 0) is 4.79 Å². The minimum absolute atomic E-state index is 0.276. The Labute approximate surface area is 149 Å². The molecule has 0 fully saturated rings. The van der Waals surface area contributed by atoms with Crippen molar-refractivity contribution in [1.29, 1.82) is 0 Å². The van der Waals surface area contributed by atoms with Gasteiger partial charge in [-0.3, -0.25) is 4.79 Å². The standard InChI is InChI=1S/C22H38O2/c1-2-3-4-5-6-7-8-9-10-11-12-13-14-15-16-17-18-19-20-21-22(23)24/h7-8,13-14,17-18H,2-6,9-12,15-16,19-21H2,1H3,(H,23,24). The van der Waals surface area contributed by atoms with Crippen LogP contribution in [0.5, 0.6) is 0 Å². The smallest absolute Gasteiger partial charge is 0.303 e. The van der Waals surface area contributed by atoms with E-state index in [0.717, 1.165) is 25.7 Å². The highest BCUT2D eigenvalue weighted by Crippen LogP contribution is 2.06. The fourth-order valence-electron chi connectivity index (χ4n) is 2.48. The molecular formula is C22H38O2. The zero-order chi connectivity index (χ0) is 17.7. The van der Waals surface area contributed by atoms with E-state index >= 15 is 0 Å². The van der Waals surface area contributed by atoms with E-state index in [1.165, 1.54) is 57.8 Å². The van der Waals surface area contributed by atoms with Gasteiger partial charge in [0.1, 0.15) is 0 Å². The number of allylic oxidation sites excluding steroid dienone is 6. The average Bonchev–Trinajstić information content (AvgIpc) is 2.56.